The van der Waals surface area contributed by atoms with Crippen molar-refractivity contribution in [2.24, 2.45) is 0 Å². The fourth-order valence-electron chi connectivity index (χ4n) is 0.447. The van der Waals surface area contributed by atoms with Gasteiger partial charge in [-0.1, -0.05) is 0 Å². The van der Waals surface area contributed by atoms with E-state index in [2.05, 4.69) is 9.97 Å². The van der Waals surface area contributed by atoms with Crippen LogP contribution in [0.4, 0.5) is 4.39 Å². The smallest absolute Gasteiger partial charge is 0.207 e. The van der Waals surface area contributed by atoms with Crippen LogP contribution >= 0.6 is 11.6 Å². The van der Waals surface area contributed by atoms with E-state index in [9.17, 15) is 4.39 Å². The van der Waals surface area contributed by atoms with Gasteiger partial charge < -0.3 is 0 Å². The molecule has 0 atom stereocenters. The number of aromatic nitrogens is 2. The van der Waals surface area contributed by atoms with Gasteiger partial charge in [-0.05, 0) is 11.6 Å². The lowest BCUT2D eigenvalue weighted by molar-refractivity contribution is 0.579. The molecule has 0 aliphatic heterocycles. The molecule has 0 aliphatic rings. The molecule has 0 unspecified atom stereocenters. The van der Waals surface area contributed by atoms with Crippen LogP contribution in [0.25, 0.3) is 0 Å². The first-order chi connectivity index (χ1) is 4.72. The molecule has 0 amide bonds. The zero-order chi connectivity index (χ0) is 7.56. The topological polar surface area (TPSA) is 49.6 Å². The highest BCUT2D eigenvalue weighted by molar-refractivity contribution is 6.28. The van der Waals surface area contributed by atoms with Crippen LogP contribution in [0.5, 0.6) is 0 Å². The molecule has 0 bridgehead atoms. The van der Waals surface area contributed by atoms with E-state index in [4.69, 9.17) is 16.9 Å². The van der Waals surface area contributed by atoms with E-state index < -0.39 is 5.95 Å². The average Bonchev–Trinajstić information content (AvgIpc) is 1.85. The second-order valence-electron chi connectivity index (χ2n) is 1.46. The quantitative estimate of drug-likeness (QED) is 0.419. The van der Waals surface area contributed by atoms with Crippen molar-refractivity contribution in [2.45, 2.75) is 0 Å². The summed E-state index contributed by atoms with van der Waals surface area (Å²) in [5.41, 5.74) is -0.0718. The molecule has 50 valence electrons. The predicted octanol–water partition coefficient (Wildman–Crippen LogP) is 1.14. The Balaban J connectivity index is 3.22. The second kappa shape index (κ2) is 2.58. The minimum Gasteiger partial charge on any atom is -0.207 e. The second-order valence-corrected chi connectivity index (χ2v) is 1.79. The highest BCUT2D eigenvalue weighted by atomic mass is 35.5. The average molecular weight is 158 g/mol. The lowest BCUT2D eigenvalue weighted by atomic mass is 10.4. The summed E-state index contributed by atoms with van der Waals surface area (Å²) in [4.78, 5) is 6.52. The molecule has 0 N–H and O–H groups in total. The van der Waals surface area contributed by atoms with E-state index in [1.54, 1.807) is 6.07 Å². The molecule has 10 heavy (non-hydrogen) atoms. The van der Waals surface area contributed by atoms with Gasteiger partial charge in [0.15, 0.2) is 0 Å². The molecule has 1 heterocycles. The summed E-state index contributed by atoms with van der Waals surface area (Å²) in [6, 6.07) is 2.54. The standard InChI is InChI=1S/C5HClFN3/c6-5-9-3(2-8)1-4(7)10-5/h1H. The van der Waals surface area contributed by atoms with Gasteiger partial charge in [0.25, 0.3) is 0 Å². The van der Waals surface area contributed by atoms with Gasteiger partial charge in [0, 0.05) is 6.07 Å². The van der Waals surface area contributed by atoms with Gasteiger partial charge in [0.1, 0.15) is 11.8 Å². The van der Waals surface area contributed by atoms with Crippen LogP contribution in [0.1, 0.15) is 5.69 Å². The molecule has 0 saturated carbocycles. The number of hydrogen-bond donors (Lipinski definition) is 0. The van der Waals surface area contributed by atoms with E-state index in [1.807, 2.05) is 0 Å². The molecular formula is C5HClFN3. The Morgan fingerprint density at radius 1 is 1.60 bits per heavy atom. The van der Waals surface area contributed by atoms with E-state index in [1.165, 1.54) is 0 Å². The van der Waals surface area contributed by atoms with E-state index in [0.717, 1.165) is 6.07 Å². The van der Waals surface area contributed by atoms with E-state index in [-0.39, 0.29) is 11.0 Å². The Hall–Kier alpha value is -1.21. The van der Waals surface area contributed by atoms with Gasteiger partial charge in [0.2, 0.25) is 11.2 Å². The molecule has 1 aromatic rings. The van der Waals surface area contributed by atoms with E-state index in [0.29, 0.717) is 0 Å². The SMILES string of the molecule is N#Cc1cc(F)nc(Cl)n1. The van der Waals surface area contributed by atoms with Crippen molar-refractivity contribution in [1.29, 1.82) is 5.26 Å². The maximum atomic E-state index is 12.2. The molecular weight excluding hydrogens is 157 g/mol. The highest BCUT2D eigenvalue weighted by Gasteiger charge is 1.99. The maximum absolute atomic E-state index is 12.2. The van der Waals surface area contributed by atoms with Crippen molar-refractivity contribution < 1.29 is 4.39 Å². The first-order valence-electron chi connectivity index (χ1n) is 2.32. The normalized spacial score (nSPS) is 8.90. The summed E-state index contributed by atoms with van der Waals surface area (Å²) >= 11 is 5.22. The summed E-state index contributed by atoms with van der Waals surface area (Å²) in [5, 5.41) is 7.97. The minimum atomic E-state index is -0.795. The van der Waals surface area contributed by atoms with Crippen LogP contribution < -0.4 is 0 Å². The Labute approximate surface area is 61.1 Å². The zero-order valence-corrected chi connectivity index (χ0v) is 5.43. The van der Waals surface area contributed by atoms with Crippen molar-refractivity contribution in [3.63, 3.8) is 0 Å². The molecule has 0 fully saturated rings. The number of rotatable bonds is 0. The molecule has 1 rings (SSSR count). The molecule has 0 aromatic carbocycles. The molecule has 0 radical (unpaired) electrons. The van der Waals surface area contributed by atoms with Gasteiger partial charge in [-0.25, -0.2) is 4.98 Å². The number of nitrogens with zero attached hydrogens (tertiary/aromatic N) is 3. The lowest BCUT2D eigenvalue weighted by Crippen LogP contribution is -1.90. The van der Waals surface area contributed by atoms with Crippen molar-refractivity contribution >= 4 is 11.6 Å². The van der Waals surface area contributed by atoms with Crippen LogP contribution in [-0.2, 0) is 0 Å². The van der Waals surface area contributed by atoms with Gasteiger partial charge >= 0.3 is 0 Å². The third-order valence-electron chi connectivity index (χ3n) is 0.782. The summed E-state index contributed by atoms with van der Waals surface area (Å²) < 4.78 is 12.2. The van der Waals surface area contributed by atoms with Crippen molar-refractivity contribution in [2.75, 3.05) is 0 Å². The summed E-state index contributed by atoms with van der Waals surface area (Å²) in [7, 11) is 0. The third kappa shape index (κ3) is 1.39. The fraction of sp³-hybridized carbons (Fsp3) is 0. The first kappa shape index (κ1) is 6.90. The summed E-state index contributed by atoms with van der Waals surface area (Å²) in [6.45, 7) is 0. The zero-order valence-electron chi connectivity index (χ0n) is 4.67. The molecule has 0 spiro atoms. The number of halogens is 2. The highest BCUT2D eigenvalue weighted by Crippen LogP contribution is 2.02. The lowest BCUT2D eigenvalue weighted by Gasteiger charge is -1.88. The van der Waals surface area contributed by atoms with Gasteiger partial charge in [-0.3, -0.25) is 0 Å². The largest absolute Gasteiger partial charge is 0.226 e. The predicted molar refractivity (Wildman–Crippen MR) is 31.7 cm³/mol. The van der Waals surface area contributed by atoms with Crippen LogP contribution in [-0.4, -0.2) is 9.97 Å². The Morgan fingerprint density at radius 2 is 2.30 bits per heavy atom. The maximum Gasteiger partial charge on any atom is 0.226 e. The van der Waals surface area contributed by atoms with Gasteiger partial charge in [0.05, 0.1) is 0 Å². The summed E-state index contributed by atoms with van der Waals surface area (Å²) in [6.07, 6.45) is 0. The third-order valence-corrected chi connectivity index (χ3v) is 0.951. The van der Waals surface area contributed by atoms with Gasteiger partial charge in [-0.15, -0.1) is 0 Å². The Bertz CT molecular complexity index is 273. The number of hydrogen-bond acceptors (Lipinski definition) is 3. The minimum absolute atomic E-state index is 0.0718. The van der Waals surface area contributed by atoms with Crippen LogP contribution in [0.15, 0.2) is 6.07 Å². The van der Waals surface area contributed by atoms with Gasteiger partial charge in [-0.2, -0.15) is 14.6 Å². The first-order valence-corrected chi connectivity index (χ1v) is 2.70. The van der Waals surface area contributed by atoms with Crippen molar-refractivity contribution in [3.8, 4) is 6.07 Å². The van der Waals surface area contributed by atoms with Crippen LogP contribution in [0.3, 0.4) is 0 Å². The van der Waals surface area contributed by atoms with Crippen molar-refractivity contribution in [1.82, 2.24) is 9.97 Å². The van der Waals surface area contributed by atoms with E-state index >= 15 is 0 Å². The molecule has 5 heteroatoms. The Kier molecular flexibility index (Phi) is 1.78. The molecule has 0 aliphatic carbocycles. The van der Waals surface area contributed by atoms with Crippen LogP contribution in [0, 0.1) is 17.3 Å². The molecule has 0 saturated heterocycles. The molecule has 3 nitrogen and oxygen atoms in total. The monoisotopic (exact) mass is 157 g/mol. The molecule has 1 aromatic heterocycles. The summed E-state index contributed by atoms with van der Waals surface area (Å²) in [5.74, 6) is -0.795. The Morgan fingerprint density at radius 3 is 2.80 bits per heavy atom. The fourth-order valence-corrected chi connectivity index (χ4v) is 0.619. The van der Waals surface area contributed by atoms with Crippen LogP contribution in [0.2, 0.25) is 5.28 Å². The van der Waals surface area contributed by atoms with Crippen molar-refractivity contribution in [3.05, 3.63) is 23.0 Å². The number of nitriles is 1.